The van der Waals surface area contributed by atoms with E-state index >= 15 is 0 Å². The molecule has 3 nitrogen and oxygen atoms in total. The molecule has 0 radical (unpaired) electrons. The van der Waals surface area contributed by atoms with Crippen molar-refractivity contribution >= 4 is 15.9 Å². The Kier molecular flexibility index (Phi) is 7.32. The minimum atomic E-state index is 0.971. The van der Waals surface area contributed by atoms with Crippen LogP contribution in [0.15, 0.2) is 22.7 Å². The van der Waals surface area contributed by atoms with Crippen molar-refractivity contribution in [2.24, 2.45) is 0 Å². The highest BCUT2D eigenvalue weighted by atomic mass is 79.9. The lowest BCUT2D eigenvalue weighted by molar-refractivity contribution is 0.333. The SMILES string of the molecule is CCNCCN(C)CCc1cc(Br)ccc1OC. The fraction of sp³-hybridized carbons (Fsp3) is 0.571. The second kappa shape index (κ2) is 8.51. The molecular weight excluding hydrogens is 292 g/mol. The Bertz CT molecular complexity index is 358. The number of benzene rings is 1. The van der Waals surface area contributed by atoms with Crippen molar-refractivity contribution in [3.63, 3.8) is 0 Å². The van der Waals surface area contributed by atoms with Crippen LogP contribution in [-0.4, -0.2) is 45.2 Å². The van der Waals surface area contributed by atoms with Crippen LogP contribution in [0, 0.1) is 0 Å². The van der Waals surface area contributed by atoms with Gasteiger partial charge in [-0.25, -0.2) is 0 Å². The van der Waals surface area contributed by atoms with E-state index in [1.165, 1.54) is 5.56 Å². The summed E-state index contributed by atoms with van der Waals surface area (Å²) >= 11 is 3.50. The van der Waals surface area contributed by atoms with Crippen molar-refractivity contribution in [2.45, 2.75) is 13.3 Å². The number of likely N-dealkylation sites (N-methyl/N-ethyl adjacent to an activating group) is 2. The maximum absolute atomic E-state index is 5.38. The van der Waals surface area contributed by atoms with Crippen molar-refractivity contribution in [3.8, 4) is 5.75 Å². The monoisotopic (exact) mass is 314 g/mol. The Morgan fingerprint density at radius 2 is 2.11 bits per heavy atom. The van der Waals surface area contributed by atoms with Gasteiger partial charge < -0.3 is 15.0 Å². The molecule has 1 aromatic rings. The number of rotatable bonds is 8. The van der Waals surface area contributed by atoms with E-state index in [1.54, 1.807) is 7.11 Å². The van der Waals surface area contributed by atoms with Gasteiger partial charge in [-0.3, -0.25) is 0 Å². The topological polar surface area (TPSA) is 24.5 Å². The smallest absolute Gasteiger partial charge is 0.122 e. The molecule has 1 N–H and O–H groups in total. The average molecular weight is 315 g/mol. The molecule has 0 atom stereocenters. The van der Waals surface area contributed by atoms with Gasteiger partial charge in [-0.2, -0.15) is 0 Å². The van der Waals surface area contributed by atoms with Gasteiger partial charge in [-0.05, 0) is 43.8 Å². The van der Waals surface area contributed by atoms with Gasteiger partial charge in [0.05, 0.1) is 7.11 Å². The van der Waals surface area contributed by atoms with Crippen LogP contribution in [0.5, 0.6) is 5.75 Å². The highest BCUT2D eigenvalue weighted by Gasteiger charge is 2.05. The summed E-state index contributed by atoms with van der Waals surface area (Å²) in [5.74, 6) is 0.971. The Morgan fingerprint density at radius 3 is 2.78 bits per heavy atom. The third-order valence-electron chi connectivity index (χ3n) is 2.93. The molecule has 0 bridgehead atoms. The van der Waals surface area contributed by atoms with Crippen molar-refractivity contribution < 1.29 is 4.74 Å². The molecule has 18 heavy (non-hydrogen) atoms. The van der Waals surface area contributed by atoms with Crippen LogP contribution in [0.25, 0.3) is 0 Å². The van der Waals surface area contributed by atoms with Crippen molar-refractivity contribution in [2.75, 3.05) is 40.3 Å². The summed E-state index contributed by atoms with van der Waals surface area (Å²) < 4.78 is 6.48. The van der Waals surface area contributed by atoms with Gasteiger partial charge in [0.25, 0.3) is 0 Å². The number of hydrogen-bond acceptors (Lipinski definition) is 3. The molecule has 0 aliphatic rings. The number of methoxy groups -OCH3 is 1. The molecule has 0 saturated carbocycles. The molecule has 1 aromatic carbocycles. The van der Waals surface area contributed by atoms with Gasteiger partial charge in [0.2, 0.25) is 0 Å². The second-order valence-electron chi connectivity index (χ2n) is 4.36. The summed E-state index contributed by atoms with van der Waals surface area (Å²) in [6.07, 6.45) is 1.01. The molecule has 0 unspecified atom stereocenters. The molecule has 0 aromatic heterocycles. The van der Waals surface area contributed by atoms with E-state index in [9.17, 15) is 0 Å². The van der Waals surface area contributed by atoms with Crippen LogP contribution < -0.4 is 10.1 Å². The van der Waals surface area contributed by atoms with E-state index in [1.807, 2.05) is 12.1 Å². The first-order valence-corrected chi connectivity index (χ1v) is 7.18. The fourth-order valence-corrected chi connectivity index (χ4v) is 2.22. The Labute approximate surface area is 119 Å². The summed E-state index contributed by atoms with van der Waals surface area (Å²) in [5, 5.41) is 3.34. The lowest BCUT2D eigenvalue weighted by Crippen LogP contribution is -2.30. The van der Waals surface area contributed by atoms with Crippen LogP contribution in [0.1, 0.15) is 12.5 Å². The Morgan fingerprint density at radius 1 is 1.33 bits per heavy atom. The highest BCUT2D eigenvalue weighted by Crippen LogP contribution is 2.23. The minimum Gasteiger partial charge on any atom is -0.496 e. The van der Waals surface area contributed by atoms with Gasteiger partial charge in [0.15, 0.2) is 0 Å². The van der Waals surface area contributed by atoms with Gasteiger partial charge in [0.1, 0.15) is 5.75 Å². The maximum atomic E-state index is 5.38. The number of nitrogens with zero attached hydrogens (tertiary/aromatic N) is 1. The van der Waals surface area contributed by atoms with Gasteiger partial charge >= 0.3 is 0 Å². The quantitative estimate of drug-likeness (QED) is 0.746. The van der Waals surface area contributed by atoms with Crippen LogP contribution in [0.4, 0.5) is 0 Å². The first-order valence-electron chi connectivity index (χ1n) is 6.39. The van der Waals surface area contributed by atoms with E-state index in [0.29, 0.717) is 0 Å². The van der Waals surface area contributed by atoms with Crippen molar-refractivity contribution in [1.29, 1.82) is 0 Å². The molecular formula is C14H23BrN2O. The van der Waals surface area contributed by atoms with E-state index < -0.39 is 0 Å². The Hall–Kier alpha value is -0.580. The largest absolute Gasteiger partial charge is 0.496 e. The zero-order valence-electron chi connectivity index (χ0n) is 11.5. The summed E-state index contributed by atoms with van der Waals surface area (Å²) in [6, 6.07) is 6.16. The summed E-state index contributed by atoms with van der Waals surface area (Å²) in [4.78, 5) is 2.34. The third kappa shape index (κ3) is 5.38. The zero-order chi connectivity index (χ0) is 13.4. The third-order valence-corrected chi connectivity index (χ3v) is 3.42. The lowest BCUT2D eigenvalue weighted by Gasteiger charge is -2.17. The lowest BCUT2D eigenvalue weighted by atomic mass is 10.1. The van der Waals surface area contributed by atoms with Crippen molar-refractivity contribution in [3.05, 3.63) is 28.2 Å². The van der Waals surface area contributed by atoms with Crippen molar-refractivity contribution in [1.82, 2.24) is 10.2 Å². The standard InChI is InChI=1S/C14H23BrN2O/c1-4-16-8-10-17(2)9-7-12-11-13(15)5-6-14(12)18-3/h5-6,11,16H,4,7-10H2,1-3H3. The maximum Gasteiger partial charge on any atom is 0.122 e. The summed E-state index contributed by atoms with van der Waals surface area (Å²) in [7, 11) is 3.88. The molecule has 102 valence electrons. The molecule has 0 fully saturated rings. The first kappa shape index (κ1) is 15.5. The van der Waals surface area contributed by atoms with E-state index in [0.717, 1.165) is 42.8 Å². The number of nitrogens with one attached hydrogen (secondary N) is 1. The molecule has 0 heterocycles. The van der Waals surface area contributed by atoms with Gasteiger partial charge in [-0.1, -0.05) is 22.9 Å². The summed E-state index contributed by atoms with van der Waals surface area (Å²) in [5.41, 5.74) is 1.25. The minimum absolute atomic E-state index is 0.971. The molecule has 0 aliphatic carbocycles. The van der Waals surface area contributed by atoms with E-state index in [-0.39, 0.29) is 0 Å². The molecule has 4 heteroatoms. The van der Waals surface area contributed by atoms with Gasteiger partial charge in [0, 0.05) is 24.1 Å². The fourth-order valence-electron chi connectivity index (χ4n) is 1.81. The number of halogens is 1. The van der Waals surface area contributed by atoms with Crippen LogP contribution in [0.3, 0.4) is 0 Å². The van der Waals surface area contributed by atoms with Crippen LogP contribution >= 0.6 is 15.9 Å². The Balaban J connectivity index is 2.44. The molecule has 0 amide bonds. The average Bonchev–Trinajstić information content (AvgIpc) is 2.37. The number of hydrogen-bond donors (Lipinski definition) is 1. The van der Waals surface area contributed by atoms with E-state index in [4.69, 9.17) is 4.74 Å². The molecule has 0 saturated heterocycles. The second-order valence-corrected chi connectivity index (χ2v) is 5.28. The molecule has 0 aliphatic heterocycles. The zero-order valence-corrected chi connectivity index (χ0v) is 13.1. The first-order chi connectivity index (χ1) is 8.67. The van der Waals surface area contributed by atoms with Gasteiger partial charge in [-0.15, -0.1) is 0 Å². The molecule has 1 rings (SSSR count). The van der Waals surface area contributed by atoms with E-state index in [2.05, 4.69) is 46.2 Å². The highest BCUT2D eigenvalue weighted by molar-refractivity contribution is 9.10. The number of ether oxygens (including phenoxy) is 1. The predicted octanol–water partition coefficient (Wildman–Crippen LogP) is 2.54. The molecule has 0 spiro atoms. The predicted molar refractivity (Wildman–Crippen MR) is 80.4 cm³/mol. The normalized spacial score (nSPS) is 10.9. The van der Waals surface area contributed by atoms with Crippen LogP contribution in [-0.2, 0) is 6.42 Å². The summed E-state index contributed by atoms with van der Waals surface area (Å²) in [6.45, 7) is 6.32. The van der Waals surface area contributed by atoms with Crippen LogP contribution in [0.2, 0.25) is 0 Å².